The third-order valence-electron chi connectivity index (χ3n) is 4.42. The lowest BCUT2D eigenvalue weighted by atomic mass is 10.1. The Labute approximate surface area is 158 Å². The Hall–Kier alpha value is -3.22. The number of benzene rings is 1. The number of rotatable bonds is 6. The van der Waals surface area contributed by atoms with E-state index >= 15 is 0 Å². The van der Waals surface area contributed by atoms with Gasteiger partial charge < -0.3 is 15.5 Å². The second-order valence-corrected chi connectivity index (χ2v) is 6.23. The van der Waals surface area contributed by atoms with Crippen molar-refractivity contribution in [1.29, 1.82) is 0 Å². The lowest BCUT2D eigenvalue weighted by molar-refractivity contribution is -0.121. The molecule has 0 aliphatic carbocycles. The van der Waals surface area contributed by atoms with Crippen LogP contribution in [0.25, 0.3) is 11.3 Å². The van der Waals surface area contributed by atoms with Gasteiger partial charge in [-0.1, -0.05) is 12.1 Å². The summed E-state index contributed by atoms with van der Waals surface area (Å²) in [4.78, 5) is 41.7. The van der Waals surface area contributed by atoms with Crippen LogP contribution in [-0.2, 0) is 4.79 Å². The first kappa shape index (κ1) is 20.1. The van der Waals surface area contributed by atoms with E-state index in [1.807, 2.05) is 6.92 Å². The maximum absolute atomic E-state index is 12.6. The van der Waals surface area contributed by atoms with E-state index in [0.29, 0.717) is 16.8 Å². The molecule has 0 saturated carbocycles. The zero-order valence-corrected chi connectivity index (χ0v) is 15.9. The monoisotopic (exact) mass is 368 g/mol. The summed E-state index contributed by atoms with van der Waals surface area (Å²) in [5, 5.41) is 5.14. The third kappa shape index (κ3) is 4.91. The van der Waals surface area contributed by atoms with Crippen LogP contribution in [0.3, 0.4) is 0 Å². The van der Waals surface area contributed by atoms with E-state index in [4.69, 9.17) is 0 Å². The number of nitrogens with zero attached hydrogens (tertiary/aromatic N) is 2. The fraction of sp³-hybridized carbons (Fsp3) is 0.300. The molecular weight excluding hydrogens is 344 g/mol. The molecule has 1 aromatic carbocycles. The van der Waals surface area contributed by atoms with Crippen LogP contribution in [-0.4, -0.2) is 54.8 Å². The van der Waals surface area contributed by atoms with Crippen LogP contribution in [0.5, 0.6) is 0 Å². The van der Waals surface area contributed by atoms with Crippen molar-refractivity contribution in [2.24, 2.45) is 0 Å². The first-order chi connectivity index (χ1) is 12.9. The average Bonchev–Trinajstić information content (AvgIpc) is 2.72. The van der Waals surface area contributed by atoms with Crippen molar-refractivity contribution in [2.75, 3.05) is 21.1 Å². The molecule has 0 bridgehead atoms. The molecule has 7 nitrogen and oxygen atoms in total. The van der Waals surface area contributed by atoms with Crippen LogP contribution in [0.2, 0.25) is 0 Å². The van der Waals surface area contributed by atoms with E-state index in [9.17, 15) is 14.4 Å². The molecule has 0 fully saturated rings. The van der Waals surface area contributed by atoms with Gasteiger partial charge in [0.15, 0.2) is 0 Å². The van der Waals surface area contributed by atoms with Crippen molar-refractivity contribution in [1.82, 2.24) is 20.5 Å². The minimum Gasteiger partial charge on any atom is -0.359 e. The number of nitrogens with one attached hydrogen (secondary N) is 2. The summed E-state index contributed by atoms with van der Waals surface area (Å²) >= 11 is 0. The molecule has 1 heterocycles. The minimum absolute atomic E-state index is 0.112. The first-order valence-electron chi connectivity index (χ1n) is 8.63. The Bertz CT molecular complexity index is 833. The van der Waals surface area contributed by atoms with Gasteiger partial charge >= 0.3 is 0 Å². The van der Waals surface area contributed by atoms with Crippen molar-refractivity contribution < 1.29 is 14.4 Å². The molecule has 0 spiro atoms. The maximum atomic E-state index is 12.6. The molecular formula is C20H24N4O3. The predicted molar refractivity (Wildman–Crippen MR) is 103 cm³/mol. The standard InChI is InChI=1S/C20H24N4O3/c1-13(11-18(25)21-2)24(4)20(27)15-7-5-14(6-8-15)17-12-16(9-10-23-17)19(26)22-3/h5-10,12-13H,11H2,1-4H3,(H,21,25)(H,22,26). The van der Waals surface area contributed by atoms with Gasteiger partial charge in [0, 0.05) is 56.5 Å². The number of amides is 3. The van der Waals surface area contributed by atoms with E-state index in [-0.39, 0.29) is 30.2 Å². The normalized spacial score (nSPS) is 11.4. The molecule has 2 rings (SSSR count). The van der Waals surface area contributed by atoms with Gasteiger partial charge in [-0.25, -0.2) is 0 Å². The largest absolute Gasteiger partial charge is 0.359 e. The molecule has 0 radical (unpaired) electrons. The van der Waals surface area contributed by atoms with Gasteiger partial charge in [0.25, 0.3) is 11.8 Å². The van der Waals surface area contributed by atoms with Crippen LogP contribution in [0.1, 0.15) is 34.1 Å². The molecule has 0 aliphatic rings. The van der Waals surface area contributed by atoms with Gasteiger partial charge in [0.1, 0.15) is 0 Å². The van der Waals surface area contributed by atoms with Crippen LogP contribution in [0.4, 0.5) is 0 Å². The molecule has 1 unspecified atom stereocenters. The Morgan fingerprint density at radius 1 is 1.04 bits per heavy atom. The van der Waals surface area contributed by atoms with Gasteiger partial charge in [-0.15, -0.1) is 0 Å². The van der Waals surface area contributed by atoms with Crippen LogP contribution in [0.15, 0.2) is 42.6 Å². The summed E-state index contributed by atoms with van der Waals surface area (Å²) in [6.07, 6.45) is 1.82. The topological polar surface area (TPSA) is 91.4 Å². The number of pyridine rings is 1. The fourth-order valence-corrected chi connectivity index (χ4v) is 2.57. The summed E-state index contributed by atoms with van der Waals surface area (Å²) in [5.41, 5.74) is 2.49. The van der Waals surface area contributed by atoms with E-state index in [1.165, 1.54) is 0 Å². The van der Waals surface area contributed by atoms with Gasteiger partial charge in [0.05, 0.1) is 5.69 Å². The van der Waals surface area contributed by atoms with Crippen molar-refractivity contribution >= 4 is 17.7 Å². The zero-order chi connectivity index (χ0) is 20.0. The van der Waals surface area contributed by atoms with Crippen molar-refractivity contribution in [3.05, 3.63) is 53.7 Å². The van der Waals surface area contributed by atoms with E-state index < -0.39 is 0 Å². The molecule has 0 aliphatic heterocycles. The highest BCUT2D eigenvalue weighted by atomic mass is 16.2. The summed E-state index contributed by atoms with van der Waals surface area (Å²) in [6, 6.07) is 10.1. The third-order valence-corrected chi connectivity index (χ3v) is 4.42. The van der Waals surface area contributed by atoms with Gasteiger partial charge in [-0.05, 0) is 31.2 Å². The van der Waals surface area contributed by atoms with Crippen molar-refractivity contribution in [3.8, 4) is 11.3 Å². The van der Waals surface area contributed by atoms with Gasteiger partial charge in [-0.2, -0.15) is 0 Å². The molecule has 0 saturated heterocycles. The molecule has 3 amide bonds. The SMILES string of the molecule is CNC(=O)CC(C)N(C)C(=O)c1ccc(-c2cc(C(=O)NC)ccn2)cc1. The molecule has 2 aromatic rings. The predicted octanol–water partition coefficient (Wildman–Crippen LogP) is 1.70. The van der Waals surface area contributed by atoms with Crippen LogP contribution < -0.4 is 10.6 Å². The first-order valence-corrected chi connectivity index (χ1v) is 8.63. The van der Waals surface area contributed by atoms with Crippen molar-refractivity contribution in [3.63, 3.8) is 0 Å². The Kier molecular flexibility index (Phi) is 6.65. The minimum atomic E-state index is -0.219. The summed E-state index contributed by atoms with van der Waals surface area (Å²) in [6.45, 7) is 1.83. The average molecular weight is 368 g/mol. The highest BCUT2D eigenvalue weighted by Crippen LogP contribution is 2.19. The summed E-state index contributed by atoms with van der Waals surface area (Å²) < 4.78 is 0. The highest BCUT2D eigenvalue weighted by molar-refractivity contribution is 5.96. The quantitative estimate of drug-likeness (QED) is 0.812. The van der Waals surface area contributed by atoms with Crippen molar-refractivity contribution in [2.45, 2.75) is 19.4 Å². The molecule has 1 atom stereocenters. The van der Waals surface area contributed by atoms with E-state index in [2.05, 4.69) is 15.6 Å². The lowest BCUT2D eigenvalue weighted by Crippen LogP contribution is -2.38. The molecule has 7 heteroatoms. The number of carbonyl (C=O) groups excluding carboxylic acids is 3. The van der Waals surface area contributed by atoms with E-state index in [1.54, 1.807) is 68.6 Å². The second-order valence-electron chi connectivity index (χ2n) is 6.23. The molecule has 27 heavy (non-hydrogen) atoms. The molecule has 2 N–H and O–H groups in total. The van der Waals surface area contributed by atoms with Gasteiger partial charge in [0.2, 0.25) is 5.91 Å². The maximum Gasteiger partial charge on any atom is 0.253 e. The lowest BCUT2D eigenvalue weighted by Gasteiger charge is -2.24. The number of carbonyl (C=O) groups is 3. The Balaban J connectivity index is 2.16. The Morgan fingerprint density at radius 2 is 1.70 bits per heavy atom. The second kappa shape index (κ2) is 8.93. The number of hydrogen-bond acceptors (Lipinski definition) is 4. The number of aromatic nitrogens is 1. The fourth-order valence-electron chi connectivity index (χ4n) is 2.57. The Morgan fingerprint density at radius 3 is 2.30 bits per heavy atom. The summed E-state index contributed by atoms with van der Waals surface area (Å²) in [5.74, 6) is -0.457. The van der Waals surface area contributed by atoms with Crippen LogP contribution >= 0.6 is 0 Å². The summed E-state index contributed by atoms with van der Waals surface area (Å²) in [7, 11) is 4.82. The molecule has 142 valence electrons. The zero-order valence-electron chi connectivity index (χ0n) is 15.9. The number of hydrogen-bond donors (Lipinski definition) is 2. The smallest absolute Gasteiger partial charge is 0.253 e. The van der Waals surface area contributed by atoms with Crippen LogP contribution in [0, 0.1) is 0 Å². The van der Waals surface area contributed by atoms with Gasteiger partial charge in [-0.3, -0.25) is 19.4 Å². The molecule has 1 aromatic heterocycles. The highest BCUT2D eigenvalue weighted by Gasteiger charge is 2.19. The van der Waals surface area contributed by atoms with E-state index in [0.717, 1.165) is 5.56 Å².